The lowest BCUT2D eigenvalue weighted by atomic mass is 9.99. The van der Waals surface area contributed by atoms with Gasteiger partial charge in [0, 0.05) is 28.9 Å². The molecule has 7 heteroatoms. The summed E-state index contributed by atoms with van der Waals surface area (Å²) < 4.78 is 27.7. The molecule has 0 bridgehead atoms. The van der Waals surface area contributed by atoms with Crippen molar-refractivity contribution < 1.29 is 13.2 Å². The molecule has 3 rings (SSSR count). The van der Waals surface area contributed by atoms with Crippen LogP contribution in [0.25, 0.3) is 0 Å². The monoisotopic (exact) mass is 392 g/mol. The summed E-state index contributed by atoms with van der Waals surface area (Å²) in [6.45, 7) is 4.45. The van der Waals surface area contributed by atoms with Crippen molar-refractivity contribution in [3.63, 3.8) is 0 Å². The number of nitrogens with zero attached hydrogens (tertiary/aromatic N) is 1. The van der Waals surface area contributed by atoms with Gasteiger partial charge in [-0.05, 0) is 54.8 Å². The molecule has 1 aliphatic rings. The van der Waals surface area contributed by atoms with E-state index in [1.165, 1.54) is 12.1 Å². The lowest BCUT2D eigenvalue weighted by Gasteiger charge is -2.31. The van der Waals surface area contributed by atoms with Crippen LogP contribution in [-0.2, 0) is 21.2 Å². The minimum atomic E-state index is -3.72. The number of sulfonamides is 1. The molecule has 0 atom stereocenters. The fraction of sp³-hybridized carbons (Fsp3) is 0.316. The summed E-state index contributed by atoms with van der Waals surface area (Å²) in [5.74, 6) is 0.000154. The molecule has 1 heterocycles. The summed E-state index contributed by atoms with van der Waals surface area (Å²) in [4.78, 5) is 14.3. The first-order valence-electron chi connectivity index (χ1n) is 8.50. The smallest absolute Gasteiger partial charge is 0.261 e. The molecule has 0 fully saturated rings. The van der Waals surface area contributed by atoms with Crippen LogP contribution in [0, 0.1) is 5.92 Å². The molecule has 0 saturated heterocycles. The molecule has 26 heavy (non-hydrogen) atoms. The molecular weight excluding hydrogens is 372 g/mol. The van der Waals surface area contributed by atoms with Gasteiger partial charge in [0.05, 0.1) is 4.90 Å². The molecule has 0 unspecified atom stereocenters. The molecule has 1 aliphatic heterocycles. The molecular formula is C19H21ClN2O3S. The molecule has 1 N–H and O–H groups in total. The Balaban J connectivity index is 1.88. The van der Waals surface area contributed by atoms with Crippen LogP contribution in [0.4, 0.5) is 11.4 Å². The van der Waals surface area contributed by atoms with Crippen molar-refractivity contribution in [2.75, 3.05) is 16.2 Å². The van der Waals surface area contributed by atoms with Gasteiger partial charge in [0.15, 0.2) is 0 Å². The van der Waals surface area contributed by atoms with E-state index in [0.29, 0.717) is 17.3 Å². The van der Waals surface area contributed by atoms with E-state index in [0.717, 1.165) is 24.1 Å². The largest absolute Gasteiger partial charge is 0.312 e. The highest BCUT2D eigenvalue weighted by atomic mass is 35.5. The Morgan fingerprint density at radius 2 is 1.96 bits per heavy atom. The third kappa shape index (κ3) is 3.86. The molecule has 5 nitrogen and oxygen atoms in total. The standard InChI is InChI=1S/C19H21ClN2O3S/c1-13(2)19(23)22-10-4-5-14-11-16(8-9-18(14)22)21-26(24,25)17-7-3-6-15(20)12-17/h3,6-9,11-13,21H,4-5,10H2,1-2H3. The van der Waals surface area contributed by atoms with Crippen LogP contribution >= 0.6 is 11.6 Å². The van der Waals surface area contributed by atoms with Gasteiger partial charge < -0.3 is 4.90 Å². The lowest BCUT2D eigenvalue weighted by molar-refractivity contribution is -0.121. The summed E-state index contributed by atoms with van der Waals surface area (Å²) in [6, 6.07) is 11.4. The fourth-order valence-corrected chi connectivity index (χ4v) is 4.40. The molecule has 2 aromatic rings. The maximum Gasteiger partial charge on any atom is 0.261 e. The van der Waals surface area contributed by atoms with Crippen LogP contribution in [-0.4, -0.2) is 20.9 Å². The summed E-state index contributed by atoms with van der Waals surface area (Å²) in [6.07, 6.45) is 1.67. The van der Waals surface area contributed by atoms with E-state index in [2.05, 4.69) is 4.72 Å². The Bertz CT molecular complexity index is 942. The average Bonchev–Trinajstić information content (AvgIpc) is 2.60. The second-order valence-corrected chi connectivity index (χ2v) is 8.77. The Kier molecular flexibility index (Phi) is 5.25. The number of nitrogens with one attached hydrogen (secondary N) is 1. The maximum absolute atomic E-state index is 12.5. The van der Waals surface area contributed by atoms with Gasteiger partial charge in [0.2, 0.25) is 5.91 Å². The number of hydrogen-bond acceptors (Lipinski definition) is 3. The zero-order valence-corrected chi connectivity index (χ0v) is 16.3. The van der Waals surface area contributed by atoms with E-state index >= 15 is 0 Å². The SMILES string of the molecule is CC(C)C(=O)N1CCCc2cc(NS(=O)(=O)c3cccc(Cl)c3)ccc21. The first-order chi connectivity index (χ1) is 12.3. The first-order valence-corrected chi connectivity index (χ1v) is 10.4. The number of amides is 1. The maximum atomic E-state index is 12.5. The quantitative estimate of drug-likeness (QED) is 0.852. The Morgan fingerprint density at radius 3 is 2.65 bits per heavy atom. The number of fused-ring (bicyclic) bond motifs is 1. The summed E-state index contributed by atoms with van der Waals surface area (Å²) >= 11 is 5.89. The van der Waals surface area contributed by atoms with Crippen molar-refractivity contribution in [1.29, 1.82) is 0 Å². The van der Waals surface area contributed by atoms with Crippen LogP contribution < -0.4 is 9.62 Å². The molecule has 0 radical (unpaired) electrons. The van der Waals surface area contributed by atoms with E-state index in [4.69, 9.17) is 11.6 Å². The lowest BCUT2D eigenvalue weighted by Crippen LogP contribution is -2.38. The highest BCUT2D eigenvalue weighted by Gasteiger charge is 2.25. The zero-order valence-electron chi connectivity index (χ0n) is 14.7. The number of hydrogen-bond donors (Lipinski definition) is 1. The second-order valence-electron chi connectivity index (χ2n) is 6.65. The van der Waals surface area contributed by atoms with Gasteiger partial charge in [-0.15, -0.1) is 0 Å². The van der Waals surface area contributed by atoms with Gasteiger partial charge in [-0.3, -0.25) is 9.52 Å². The number of halogens is 1. The highest BCUT2D eigenvalue weighted by molar-refractivity contribution is 7.92. The van der Waals surface area contributed by atoms with Gasteiger partial charge >= 0.3 is 0 Å². The van der Waals surface area contributed by atoms with Crippen LogP contribution in [0.5, 0.6) is 0 Å². The third-order valence-electron chi connectivity index (χ3n) is 4.32. The Labute approximate surface area is 159 Å². The van der Waals surface area contributed by atoms with Crippen molar-refractivity contribution in [3.8, 4) is 0 Å². The van der Waals surface area contributed by atoms with Crippen LogP contribution in [0.2, 0.25) is 5.02 Å². The number of aryl methyl sites for hydroxylation is 1. The van der Waals surface area contributed by atoms with Crippen LogP contribution in [0.1, 0.15) is 25.8 Å². The van der Waals surface area contributed by atoms with E-state index in [1.807, 2.05) is 19.9 Å². The molecule has 0 aliphatic carbocycles. The molecule has 0 spiro atoms. The van der Waals surface area contributed by atoms with Gasteiger partial charge in [-0.25, -0.2) is 8.42 Å². The normalized spacial score (nSPS) is 14.2. The Morgan fingerprint density at radius 1 is 1.19 bits per heavy atom. The molecule has 0 aromatic heterocycles. The van der Waals surface area contributed by atoms with Crippen molar-refractivity contribution in [2.45, 2.75) is 31.6 Å². The van der Waals surface area contributed by atoms with Gasteiger partial charge in [-0.2, -0.15) is 0 Å². The fourth-order valence-electron chi connectivity index (χ4n) is 3.05. The number of anilines is 2. The zero-order chi connectivity index (χ0) is 18.9. The number of rotatable bonds is 4. The van der Waals surface area contributed by atoms with E-state index in [9.17, 15) is 13.2 Å². The van der Waals surface area contributed by atoms with Gasteiger partial charge in [0.1, 0.15) is 0 Å². The highest BCUT2D eigenvalue weighted by Crippen LogP contribution is 2.31. The molecule has 138 valence electrons. The summed E-state index contributed by atoms with van der Waals surface area (Å²) in [5, 5.41) is 0.362. The van der Waals surface area contributed by atoms with E-state index in [-0.39, 0.29) is 16.7 Å². The Hall–Kier alpha value is -2.05. The van der Waals surface area contributed by atoms with Crippen molar-refractivity contribution >= 4 is 38.9 Å². The third-order valence-corrected chi connectivity index (χ3v) is 5.93. The molecule has 1 amide bonds. The first kappa shape index (κ1) is 18.7. The predicted molar refractivity (Wildman–Crippen MR) is 104 cm³/mol. The number of carbonyl (C=O) groups is 1. The van der Waals surface area contributed by atoms with Crippen molar-refractivity contribution in [2.24, 2.45) is 5.92 Å². The predicted octanol–water partition coefficient (Wildman–Crippen LogP) is 4.08. The van der Waals surface area contributed by atoms with Gasteiger partial charge in [0.25, 0.3) is 10.0 Å². The molecule has 0 saturated carbocycles. The minimum absolute atomic E-state index is 0.0815. The van der Waals surface area contributed by atoms with Crippen molar-refractivity contribution in [1.82, 2.24) is 0 Å². The van der Waals surface area contributed by atoms with E-state index < -0.39 is 10.0 Å². The minimum Gasteiger partial charge on any atom is -0.312 e. The van der Waals surface area contributed by atoms with E-state index in [1.54, 1.807) is 29.2 Å². The van der Waals surface area contributed by atoms with Gasteiger partial charge in [-0.1, -0.05) is 31.5 Å². The number of carbonyl (C=O) groups excluding carboxylic acids is 1. The van der Waals surface area contributed by atoms with Crippen LogP contribution in [0.3, 0.4) is 0 Å². The van der Waals surface area contributed by atoms with Crippen LogP contribution in [0.15, 0.2) is 47.4 Å². The topological polar surface area (TPSA) is 66.5 Å². The number of benzene rings is 2. The summed E-state index contributed by atoms with van der Waals surface area (Å²) in [7, 11) is -3.72. The second kappa shape index (κ2) is 7.29. The molecule has 2 aromatic carbocycles. The van der Waals surface area contributed by atoms with Crippen molar-refractivity contribution in [3.05, 3.63) is 53.1 Å². The average molecular weight is 393 g/mol. The summed E-state index contributed by atoms with van der Waals surface area (Å²) in [5.41, 5.74) is 2.31.